The van der Waals surface area contributed by atoms with E-state index in [-0.39, 0.29) is 12.8 Å². The van der Waals surface area contributed by atoms with Gasteiger partial charge in [-0.25, -0.2) is 0 Å². The van der Waals surface area contributed by atoms with E-state index in [4.69, 9.17) is 33.4 Å². The number of halogens is 2. The highest BCUT2D eigenvalue weighted by molar-refractivity contribution is 6.42. The number of carbonyl (C=O) groups is 2. The number of rotatable bonds is 2. The summed E-state index contributed by atoms with van der Waals surface area (Å²) in [6, 6.07) is 3.07. The van der Waals surface area contributed by atoms with Crippen molar-refractivity contribution in [1.29, 1.82) is 0 Å². The first-order valence-corrected chi connectivity index (χ1v) is 5.56. The Morgan fingerprint density at radius 2 is 1.35 bits per heavy atom. The van der Waals surface area contributed by atoms with E-state index >= 15 is 0 Å². The van der Waals surface area contributed by atoms with Gasteiger partial charge in [-0.05, 0) is 36.1 Å². The molecule has 17 heavy (non-hydrogen) atoms. The summed E-state index contributed by atoms with van der Waals surface area (Å²) in [5.41, 5.74) is -0.538. The van der Waals surface area contributed by atoms with Gasteiger partial charge in [-0.1, -0.05) is 23.2 Å². The molecule has 2 N–H and O–H groups in total. The molecule has 0 radical (unpaired) electrons. The molecule has 0 saturated heterocycles. The van der Waals surface area contributed by atoms with E-state index in [1.54, 1.807) is 0 Å². The second kappa shape index (κ2) is 3.89. The molecule has 0 spiro atoms. The fourth-order valence-corrected chi connectivity index (χ4v) is 2.44. The van der Waals surface area contributed by atoms with Crippen LogP contribution in [-0.2, 0) is 22.4 Å². The van der Waals surface area contributed by atoms with Crippen LogP contribution in [0.25, 0.3) is 0 Å². The Bertz CT molecular complexity index is 477. The smallest absolute Gasteiger partial charge is 0.321 e. The molecule has 0 aliphatic heterocycles. The van der Waals surface area contributed by atoms with Crippen LogP contribution in [0.4, 0.5) is 0 Å². The number of hydrogen-bond acceptors (Lipinski definition) is 2. The zero-order chi connectivity index (χ0) is 12.8. The van der Waals surface area contributed by atoms with E-state index in [1.807, 2.05) is 0 Å². The molecular weight excluding hydrogens is 267 g/mol. The van der Waals surface area contributed by atoms with E-state index in [0.717, 1.165) is 0 Å². The quantitative estimate of drug-likeness (QED) is 0.812. The Kier molecular flexibility index (Phi) is 2.79. The number of carboxylic acids is 2. The predicted octanol–water partition coefficient (Wildman–Crippen LogP) is 2.25. The van der Waals surface area contributed by atoms with Crippen molar-refractivity contribution in [3.05, 3.63) is 33.3 Å². The Morgan fingerprint density at radius 3 is 1.65 bits per heavy atom. The molecule has 1 aliphatic rings. The van der Waals surface area contributed by atoms with Crippen molar-refractivity contribution in [3.8, 4) is 0 Å². The van der Waals surface area contributed by atoms with E-state index in [0.29, 0.717) is 21.2 Å². The molecule has 0 saturated carbocycles. The summed E-state index contributed by atoms with van der Waals surface area (Å²) in [6.45, 7) is 0. The van der Waals surface area contributed by atoms with Crippen molar-refractivity contribution < 1.29 is 19.8 Å². The maximum absolute atomic E-state index is 11.2. The summed E-state index contributed by atoms with van der Waals surface area (Å²) in [4.78, 5) is 22.3. The van der Waals surface area contributed by atoms with Gasteiger partial charge in [0.25, 0.3) is 0 Å². The van der Waals surface area contributed by atoms with Crippen molar-refractivity contribution >= 4 is 35.1 Å². The van der Waals surface area contributed by atoms with Gasteiger partial charge in [-0.2, -0.15) is 0 Å². The van der Waals surface area contributed by atoms with Gasteiger partial charge in [0, 0.05) is 0 Å². The lowest BCUT2D eigenvalue weighted by atomic mass is 9.85. The van der Waals surface area contributed by atoms with Crippen molar-refractivity contribution in [1.82, 2.24) is 0 Å². The molecule has 6 heteroatoms. The topological polar surface area (TPSA) is 74.6 Å². The third kappa shape index (κ3) is 1.77. The lowest BCUT2D eigenvalue weighted by Gasteiger charge is -2.17. The van der Waals surface area contributed by atoms with Crippen LogP contribution < -0.4 is 0 Å². The molecule has 1 aromatic rings. The first kappa shape index (κ1) is 12.2. The first-order valence-electron chi connectivity index (χ1n) is 4.80. The molecule has 2 rings (SSSR count). The van der Waals surface area contributed by atoms with E-state index in [9.17, 15) is 9.59 Å². The van der Waals surface area contributed by atoms with Crippen LogP contribution in [0.3, 0.4) is 0 Å². The Hall–Kier alpha value is -1.26. The highest BCUT2D eigenvalue weighted by atomic mass is 35.5. The summed E-state index contributed by atoms with van der Waals surface area (Å²) in [5.74, 6) is -2.68. The lowest BCUT2D eigenvalue weighted by Crippen LogP contribution is -2.40. The second-order valence-electron chi connectivity index (χ2n) is 4.08. The van der Waals surface area contributed by atoms with E-state index < -0.39 is 17.4 Å². The van der Waals surface area contributed by atoms with Gasteiger partial charge in [0.15, 0.2) is 5.41 Å². The Balaban J connectivity index is 2.50. The average molecular weight is 275 g/mol. The molecule has 0 atom stereocenters. The third-order valence-corrected chi connectivity index (χ3v) is 3.77. The zero-order valence-electron chi connectivity index (χ0n) is 8.54. The van der Waals surface area contributed by atoms with Gasteiger partial charge >= 0.3 is 11.9 Å². The first-order chi connectivity index (χ1) is 7.86. The number of carboxylic acid groups (broad SMARTS) is 2. The number of hydrogen-bond donors (Lipinski definition) is 2. The van der Waals surface area contributed by atoms with Crippen LogP contribution in [-0.4, -0.2) is 22.2 Å². The van der Waals surface area contributed by atoms with Crippen LogP contribution >= 0.6 is 23.2 Å². The van der Waals surface area contributed by atoms with Crippen LogP contribution in [0, 0.1) is 5.41 Å². The van der Waals surface area contributed by atoms with Crippen molar-refractivity contribution in [3.63, 3.8) is 0 Å². The molecule has 0 bridgehead atoms. The molecule has 0 heterocycles. The minimum atomic E-state index is -1.80. The zero-order valence-corrected chi connectivity index (χ0v) is 10.0. The molecule has 0 aromatic heterocycles. The summed E-state index contributed by atoms with van der Waals surface area (Å²) >= 11 is 11.6. The van der Waals surface area contributed by atoms with Gasteiger partial charge in [0.2, 0.25) is 0 Å². The molecular formula is C11H8Cl2O4. The fraction of sp³-hybridized carbons (Fsp3) is 0.273. The van der Waals surface area contributed by atoms with Crippen molar-refractivity contribution in [2.75, 3.05) is 0 Å². The third-order valence-electron chi connectivity index (χ3n) is 3.05. The van der Waals surface area contributed by atoms with Crippen LogP contribution in [0.1, 0.15) is 11.1 Å². The Labute approximate surface area is 107 Å². The van der Waals surface area contributed by atoms with Crippen molar-refractivity contribution in [2.24, 2.45) is 5.41 Å². The standard InChI is InChI=1S/C11H8Cl2O4/c12-7-1-5-3-11(9(14)15,10(16)17)4-6(5)2-8(7)13/h1-2H,3-4H2,(H,14,15)(H,16,17). The Morgan fingerprint density at radius 1 is 1.00 bits per heavy atom. The molecule has 90 valence electrons. The lowest BCUT2D eigenvalue weighted by molar-refractivity contribution is -0.163. The summed E-state index contributed by atoms with van der Waals surface area (Å²) in [5, 5.41) is 18.8. The molecule has 1 aliphatic carbocycles. The maximum atomic E-state index is 11.2. The van der Waals surface area contributed by atoms with Crippen molar-refractivity contribution in [2.45, 2.75) is 12.8 Å². The summed E-state index contributed by atoms with van der Waals surface area (Å²) in [6.07, 6.45) is -0.131. The minimum absolute atomic E-state index is 0.0656. The van der Waals surface area contributed by atoms with Gasteiger partial charge in [-0.15, -0.1) is 0 Å². The predicted molar refractivity (Wildman–Crippen MR) is 61.6 cm³/mol. The highest BCUT2D eigenvalue weighted by Crippen LogP contribution is 2.40. The molecule has 0 fully saturated rings. The maximum Gasteiger partial charge on any atom is 0.321 e. The number of benzene rings is 1. The van der Waals surface area contributed by atoms with Crippen LogP contribution in [0.2, 0.25) is 10.0 Å². The largest absolute Gasteiger partial charge is 0.480 e. The van der Waals surface area contributed by atoms with E-state index in [2.05, 4.69) is 0 Å². The van der Waals surface area contributed by atoms with Crippen LogP contribution in [0.5, 0.6) is 0 Å². The van der Waals surface area contributed by atoms with Crippen LogP contribution in [0.15, 0.2) is 12.1 Å². The monoisotopic (exact) mass is 274 g/mol. The normalized spacial score (nSPS) is 16.6. The molecule has 4 nitrogen and oxygen atoms in total. The SMILES string of the molecule is O=C(O)C1(C(=O)O)Cc2cc(Cl)c(Cl)cc2C1. The number of fused-ring (bicyclic) bond motifs is 1. The minimum Gasteiger partial charge on any atom is -0.480 e. The van der Waals surface area contributed by atoms with Gasteiger partial charge in [0.1, 0.15) is 0 Å². The molecule has 1 aromatic carbocycles. The number of aliphatic carboxylic acids is 2. The summed E-state index contributed by atoms with van der Waals surface area (Å²) < 4.78 is 0. The van der Waals surface area contributed by atoms with Gasteiger partial charge < -0.3 is 10.2 Å². The highest BCUT2D eigenvalue weighted by Gasteiger charge is 2.51. The average Bonchev–Trinajstić information content (AvgIpc) is 2.58. The van der Waals surface area contributed by atoms with E-state index in [1.165, 1.54) is 12.1 Å². The molecule has 0 unspecified atom stereocenters. The fourth-order valence-electron chi connectivity index (χ4n) is 2.07. The summed E-state index contributed by atoms with van der Waals surface area (Å²) in [7, 11) is 0. The second-order valence-corrected chi connectivity index (χ2v) is 4.90. The van der Waals surface area contributed by atoms with Gasteiger partial charge in [0.05, 0.1) is 10.0 Å². The van der Waals surface area contributed by atoms with Gasteiger partial charge in [-0.3, -0.25) is 9.59 Å². The molecule has 0 amide bonds.